The van der Waals surface area contributed by atoms with E-state index in [9.17, 15) is 10.1 Å². The number of aryl methyl sites for hydroxylation is 1. The predicted octanol–water partition coefficient (Wildman–Crippen LogP) is 3.60. The Balaban J connectivity index is 1.97. The molecule has 3 aromatic rings. The second-order valence-electron chi connectivity index (χ2n) is 6.44. The lowest BCUT2D eigenvalue weighted by Crippen LogP contribution is -2.11. The molecule has 144 valence electrons. The summed E-state index contributed by atoms with van der Waals surface area (Å²) in [5.74, 6) is 0.591. The average Bonchev–Trinajstić information content (AvgIpc) is 3.11. The van der Waals surface area contributed by atoms with E-state index in [2.05, 4.69) is 31.0 Å². The molecule has 0 saturated heterocycles. The molecule has 1 aromatic carbocycles. The van der Waals surface area contributed by atoms with Crippen molar-refractivity contribution in [3.05, 3.63) is 44.8 Å². The van der Waals surface area contributed by atoms with E-state index >= 15 is 0 Å². The van der Waals surface area contributed by atoms with Crippen LogP contribution in [-0.4, -0.2) is 31.8 Å². The summed E-state index contributed by atoms with van der Waals surface area (Å²) in [5, 5.41) is 15.9. The van der Waals surface area contributed by atoms with Crippen LogP contribution in [0.5, 0.6) is 5.75 Å². The summed E-state index contributed by atoms with van der Waals surface area (Å²) >= 11 is 3.23. The van der Waals surface area contributed by atoms with Crippen LogP contribution < -0.4 is 10.5 Å². The Bertz CT molecular complexity index is 1080. The summed E-state index contributed by atoms with van der Waals surface area (Å²) in [6, 6.07) is 3.03. The van der Waals surface area contributed by atoms with E-state index in [-0.39, 0.29) is 11.6 Å². The van der Waals surface area contributed by atoms with Crippen molar-refractivity contribution in [1.82, 2.24) is 19.7 Å². The highest BCUT2D eigenvalue weighted by Crippen LogP contribution is 2.42. The number of benzene rings is 1. The minimum absolute atomic E-state index is 0.0735. The van der Waals surface area contributed by atoms with Crippen molar-refractivity contribution >= 4 is 27.6 Å². The van der Waals surface area contributed by atoms with Crippen LogP contribution in [0.25, 0.3) is 22.4 Å². The van der Waals surface area contributed by atoms with Gasteiger partial charge >= 0.3 is 0 Å². The largest absolute Gasteiger partial charge is 0.496 e. The molecule has 28 heavy (non-hydrogen) atoms. The maximum Gasteiger partial charge on any atom is 0.284 e. The van der Waals surface area contributed by atoms with Crippen LogP contribution >= 0.6 is 15.9 Å². The van der Waals surface area contributed by atoms with E-state index < -0.39 is 4.92 Å². The lowest BCUT2D eigenvalue weighted by Gasteiger charge is -2.16. The Labute approximate surface area is 168 Å². The highest BCUT2D eigenvalue weighted by atomic mass is 79.9. The number of rotatable bonds is 4. The van der Waals surface area contributed by atoms with Gasteiger partial charge in [-0.1, -0.05) is 0 Å². The molecular weight excluding hydrogens is 428 g/mol. The highest BCUT2D eigenvalue weighted by molar-refractivity contribution is 9.10. The third-order valence-corrected chi connectivity index (χ3v) is 5.44. The number of nitrogens with two attached hydrogens (primary N) is 1. The molecular formula is C18H17BrN6O3. The van der Waals surface area contributed by atoms with Crippen molar-refractivity contribution < 1.29 is 9.66 Å². The minimum atomic E-state index is -0.452. The number of ether oxygens (including phenoxy) is 1. The van der Waals surface area contributed by atoms with E-state index in [1.807, 2.05) is 4.68 Å². The van der Waals surface area contributed by atoms with E-state index in [0.29, 0.717) is 27.0 Å². The molecule has 4 rings (SSSR count). The number of halogens is 1. The molecule has 9 nitrogen and oxygen atoms in total. The summed E-state index contributed by atoms with van der Waals surface area (Å²) in [5.41, 5.74) is 9.43. The number of fused-ring (bicyclic) bond motifs is 1. The normalized spacial score (nSPS) is 13.2. The Morgan fingerprint density at radius 3 is 2.82 bits per heavy atom. The summed E-state index contributed by atoms with van der Waals surface area (Å²) in [7, 11) is 1.51. The summed E-state index contributed by atoms with van der Waals surface area (Å²) in [6.07, 6.45) is 6.38. The number of nitro benzene ring substituents is 1. The number of nitrogens with zero attached hydrogens (tertiary/aromatic N) is 5. The molecule has 0 fully saturated rings. The number of hydrogen-bond donors (Lipinski definition) is 1. The Hall–Kier alpha value is -3.01. The Morgan fingerprint density at radius 1 is 1.25 bits per heavy atom. The quantitative estimate of drug-likeness (QED) is 0.481. The van der Waals surface area contributed by atoms with Crippen molar-refractivity contribution in [2.45, 2.75) is 25.8 Å². The van der Waals surface area contributed by atoms with E-state index in [1.54, 1.807) is 18.5 Å². The van der Waals surface area contributed by atoms with Crippen LogP contribution in [0.2, 0.25) is 0 Å². The average molecular weight is 445 g/mol. The van der Waals surface area contributed by atoms with Crippen LogP contribution in [0, 0.1) is 10.1 Å². The molecule has 2 N–H and O–H groups in total. The first-order chi connectivity index (χ1) is 13.5. The van der Waals surface area contributed by atoms with Crippen molar-refractivity contribution in [2.24, 2.45) is 0 Å². The lowest BCUT2D eigenvalue weighted by molar-refractivity contribution is -0.385. The van der Waals surface area contributed by atoms with E-state index in [1.165, 1.54) is 13.2 Å². The summed E-state index contributed by atoms with van der Waals surface area (Å²) in [4.78, 5) is 19.5. The van der Waals surface area contributed by atoms with Crippen LogP contribution in [0.15, 0.2) is 29.0 Å². The van der Waals surface area contributed by atoms with Crippen molar-refractivity contribution in [2.75, 3.05) is 12.8 Å². The molecule has 1 aliphatic heterocycles. The standard InChI is InChI=1S/C18H17BrN6O3/c1-28-16-7-13(19)15(25(26)27)6-10(16)11-8-21-18(20)23-17(11)12-9-22-24-5-3-2-4-14(12)24/h6-9H,2-5H2,1H3,(H2,20,21,23). The number of hydrogen-bond acceptors (Lipinski definition) is 7. The number of anilines is 1. The number of aromatic nitrogens is 4. The zero-order valence-electron chi connectivity index (χ0n) is 15.1. The zero-order valence-corrected chi connectivity index (χ0v) is 16.6. The predicted molar refractivity (Wildman–Crippen MR) is 107 cm³/mol. The second kappa shape index (κ2) is 7.19. The molecule has 0 atom stereocenters. The molecule has 1 aliphatic rings. The van der Waals surface area contributed by atoms with Gasteiger partial charge in [-0.3, -0.25) is 14.8 Å². The third-order valence-electron chi connectivity index (χ3n) is 4.80. The van der Waals surface area contributed by atoms with Gasteiger partial charge in [0.25, 0.3) is 5.69 Å². The SMILES string of the molecule is COc1cc(Br)c([N+](=O)[O-])cc1-c1cnc(N)nc1-c1cnn2c1CCCC2. The fraction of sp³-hybridized carbons (Fsp3) is 0.278. The van der Waals surface area contributed by atoms with Crippen molar-refractivity contribution in [1.29, 1.82) is 0 Å². The van der Waals surface area contributed by atoms with Crippen molar-refractivity contribution in [3.8, 4) is 28.1 Å². The molecule has 2 aromatic heterocycles. The van der Waals surface area contributed by atoms with Gasteiger partial charge in [-0.05, 0) is 35.2 Å². The smallest absolute Gasteiger partial charge is 0.284 e. The Kier molecular flexibility index (Phi) is 4.71. The van der Waals surface area contributed by atoms with Gasteiger partial charge in [0.15, 0.2) is 0 Å². The van der Waals surface area contributed by atoms with Crippen molar-refractivity contribution in [3.63, 3.8) is 0 Å². The first-order valence-corrected chi connectivity index (χ1v) is 9.48. The topological polar surface area (TPSA) is 122 Å². The zero-order chi connectivity index (χ0) is 19.8. The maximum absolute atomic E-state index is 11.4. The van der Waals surface area contributed by atoms with Gasteiger partial charge < -0.3 is 10.5 Å². The molecule has 0 spiro atoms. The summed E-state index contributed by atoms with van der Waals surface area (Å²) in [6.45, 7) is 0.859. The number of methoxy groups -OCH3 is 1. The third kappa shape index (κ3) is 3.09. The van der Waals surface area contributed by atoms with Crippen LogP contribution in [0.3, 0.4) is 0 Å². The lowest BCUT2D eigenvalue weighted by atomic mass is 9.97. The first-order valence-electron chi connectivity index (χ1n) is 8.69. The molecule has 0 amide bonds. The fourth-order valence-electron chi connectivity index (χ4n) is 3.48. The summed E-state index contributed by atoms with van der Waals surface area (Å²) < 4.78 is 7.78. The van der Waals surface area contributed by atoms with Crippen LogP contribution in [-0.2, 0) is 13.0 Å². The molecule has 0 radical (unpaired) electrons. The van der Waals surface area contributed by atoms with Gasteiger partial charge in [0.05, 0.1) is 28.4 Å². The molecule has 0 bridgehead atoms. The molecule has 10 heteroatoms. The Morgan fingerprint density at radius 2 is 2.07 bits per heavy atom. The van der Waals surface area contributed by atoms with Crippen LogP contribution in [0.1, 0.15) is 18.5 Å². The maximum atomic E-state index is 11.4. The van der Waals surface area contributed by atoms with Gasteiger partial charge in [0, 0.05) is 47.3 Å². The van der Waals surface area contributed by atoms with E-state index in [0.717, 1.165) is 37.1 Å². The minimum Gasteiger partial charge on any atom is -0.496 e. The van der Waals surface area contributed by atoms with Gasteiger partial charge in [0.1, 0.15) is 5.75 Å². The van der Waals surface area contributed by atoms with Gasteiger partial charge in [-0.15, -0.1) is 0 Å². The van der Waals surface area contributed by atoms with Gasteiger partial charge in [-0.2, -0.15) is 5.10 Å². The van der Waals surface area contributed by atoms with Crippen LogP contribution in [0.4, 0.5) is 11.6 Å². The van der Waals surface area contributed by atoms with Gasteiger partial charge in [0.2, 0.25) is 5.95 Å². The number of nitro groups is 1. The monoisotopic (exact) mass is 444 g/mol. The number of nitrogen functional groups attached to an aromatic ring is 1. The highest BCUT2D eigenvalue weighted by Gasteiger charge is 2.24. The molecule has 0 unspecified atom stereocenters. The fourth-order valence-corrected chi connectivity index (χ4v) is 3.95. The second-order valence-corrected chi connectivity index (χ2v) is 7.29. The first kappa shape index (κ1) is 18.4. The molecule has 0 aliphatic carbocycles. The van der Waals surface area contributed by atoms with Gasteiger partial charge in [-0.25, -0.2) is 9.97 Å². The van der Waals surface area contributed by atoms with E-state index in [4.69, 9.17) is 10.5 Å². The molecule has 0 saturated carbocycles. The molecule has 3 heterocycles.